The topological polar surface area (TPSA) is 56.2 Å². The van der Waals surface area contributed by atoms with Crippen LogP contribution in [-0.4, -0.2) is 14.6 Å². The lowest BCUT2D eigenvalue weighted by molar-refractivity contribution is 0.950. The van der Waals surface area contributed by atoms with E-state index in [4.69, 9.17) is 5.73 Å². The summed E-state index contributed by atoms with van der Waals surface area (Å²) in [5, 5.41) is 4.45. The Kier molecular flexibility index (Phi) is 2.57. The molecule has 0 radical (unpaired) electrons. The normalized spacial score (nSPS) is 11.0. The Bertz CT molecular complexity index is 683. The molecule has 2 heterocycles. The van der Waals surface area contributed by atoms with Crippen LogP contribution < -0.4 is 5.73 Å². The van der Waals surface area contributed by atoms with Gasteiger partial charge in [0.2, 0.25) is 0 Å². The van der Waals surface area contributed by atoms with Crippen LogP contribution >= 0.6 is 0 Å². The minimum Gasteiger partial charge on any atom is -0.326 e. The summed E-state index contributed by atoms with van der Waals surface area (Å²) in [7, 11) is 0. The van der Waals surface area contributed by atoms with Crippen molar-refractivity contribution in [2.45, 2.75) is 13.5 Å². The number of fused-ring (bicyclic) bond motifs is 1. The van der Waals surface area contributed by atoms with Gasteiger partial charge in [-0.2, -0.15) is 0 Å². The summed E-state index contributed by atoms with van der Waals surface area (Å²) in [5.74, 6) is 0.740. The quantitative estimate of drug-likeness (QED) is 0.744. The molecule has 3 rings (SSSR count). The van der Waals surface area contributed by atoms with Crippen LogP contribution in [0.3, 0.4) is 0 Å². The first kappa shape index (κ1) is 10.9. The molecule has 0 aliphatic heterocycles. The van der Waals surface area contributed by atoms with Crippen LogP contribution in [0.15, 0.2) is 42.6 Å². The number of hydrogen-bond donors (Lipinski definition) is 1. The molecule has 0 atom stereocenters. The van der Waals surface area contributed by atoms with Gasteiger partial charge >= 0.3 is 0 Å². The van der Waals surface area contributed by atoms with Gasteiger partial charge in [-0.05, 0) is 24.6 Å². The van der Waals surface area contributed by atoms with Crippen molar-refractivity contribution in [3.8, 4) is 11.4 Å². The van der Waals surface area contributed by atoms with Crippen molar-refractivity contribution in [1.82, 2.24) is 14.6 Å². The predicted octanol–water partition coefficient (Wildman–Crippen LogP) is 2.16. The molecule has 0 saturated heterocycles. The molecular weight excluding hydrogens is 224 g/mol. The Balaban J connectivity index is 2.10. The maximum absolute atomic E-state index is 5.62. The fourth-order valence-electron chi connectivity index (χ4n) is 1.88. The summed E-state index contributed by atoms with van der Waals surface area (Å²) in [6.45, 7) is 2.58. The SMILES string of the molecule is Cc1ccc(-c2nc3cc(CN)ccn3n2)cc1. The van der Waals surface area contributed by atoms with E-state index in [0.717, 1.165) is 22.6 Å². The lowest BCUT2D eigenvalue weighted by atomic mass is 10.1. The summed E-state index contributed by atoms with van der Waals surface area (Å²) in [6.07, 6.45) is 1.89. The number of aromatic nitrogens is 3. The summed E-state index contributed by atoms with van der Waals surface area (Å²) < 4.78 is 1.77. The Morgan fingerprint density at radius 1 is 1.17 bits per heavy atom. The van der Waals surface area contributed by atoms with Gasteiger partial charge < -0.3 is 5.73 Å². The number of benzene rings is 1. The summed E-state index contributed by atoms with van der Waals surface area (Å²) in [6, 6.07) is 12.1. The van der Waals surface area contributed by atoms with E-state index in [2.05, 4.69) is 29.1 Å². The van der Waals surface area contributed by atoms with E-state index in [-0.39, 0.29) is 0 Å². The average molecular weight is 238 g/mol. The highest BCUT2D eigenvalue weighted by molar-refractivity contribution is 5.58. The maximum Gasteiger partial charge on any atom is 0.182 e. The van der Waals surface area contributed by atoms with E-state index >= 15 is 0 Å². The molecule has 0 unspecified atom stereocenters. The van der Waals surface area contributed by atoms with E-state index < -0.39 is 0 Å². The standard InChI is InChI=1S/C14H14N4/c1-10-2-4-12(5-3-10)14-16-13-8-11(9-15)6-7-18(13)17-14/h2-8H,9,15H2,1H3. The minimum atomic E-state index is 0.517. The van der Waals surface area contributed by atoms with Gasteiger partial charge in [0.05, 0.1) is 0 Å². The van der Waals surface area contributed by atoms with Gasteiger partial charge in [-0.1, -0.05) is 29.8 Å². The lowest BCUT2D eigenvalue weighted by Crippen LogP contribution is -1.97. The number of pyridine rings is 1. The molecule has 18 heavy (non-hydrogen) atoms. The third kappa shape index (κ3) is 1.87. The van der Waals surface area contributed by atoms with Crippen LogP contribution in [0.25, 0.3) is 17.0 Å². The second kappa shape index (κ2) is 4.23. The molecule has 0 saturated carbocycles. The number of rotatable bonds is 2. The summed E-state index contributed by atoms with van der Waals surface area (Å²) in [5.41, 5.74) is 9.76. The molecule has 90 valence electrons. The molecule has 0 fully saturated rings. The molecule has 0 spiro atoms. The highest BCUT2D eigenvalue weighted by Crippen LogP contribution is 2.17. The first-order chi connectivity index (χ1) is 8.76. The van der Waals surface area contributed by atoms with Crippen molar-refractivity contribution in [3.05, 3.63) is 53.7 Å². The molecule has 2 N–H and O–H groups in total. The van der Waals surface area contributed by atoms with Gasteiger partial charge in [0, 0.05) is 18.3 Å². The molecular formula is C14H14N4. The van der Waals surface area contributed by atoms with Crippen molar-refractivity contribution in [1.29, 1.82) is 0 Å². The maximum atomic E-state index is 5.62. The minimum absolute atomic E-state index is 0.517. The fourth-order valence-corrected chi connectivity index (χ4v) is 1.88. The number of hydrogen-bond acceptors (Lipinski definition) is 3. The number of aryl methyl sites for hydroxylation is 1. The summed E-state index contributed by atoms with van der Waals surface area (Å²) in [4.78, 5) is 4.52. The van der Waals surface area contributed by atoms with Crippen molar-refractivity contribution in [2.75, 3.05) is 0 Å². The predicted molar refractivity (Wildman–Crippen MR) is 71.1 cm³/mol. The van der Waals surface area contributed by atoms with Gasteiger partial charge in [-0.3, -0.25) is 0 Å². The van der Waals surface area contributed by atoms with Gasteiger partial charge in [-0.25, -0.2) is 9.50 Å². The van der Waals surface area contributed by atoms with Crippen LogP contribution in [-0.2, 0) is 6.54 Å². The van der Waals surface area contributed by atoms with Gasteiger partial charge in [-0.15, -0.1) is 5.10 Å². The zero-order valence-electron chi connectivity index (χ0n) is 10.2. The van der Waals surface area contributed by atoms with E-state index in [1.165, 1.54) is 5.56 Å². The van der Waals surface area contributed by atoms with E-state index in [9.17, 15) is 0 Å². The number of nitrogens with two attached hydrogens (primary N) is 1. The van der Waals surface area contributed by atoms with Crippen molar-refractivity contribution < 1.29 is 0 Å². The lowest BCUT2D eigenvalue weighted by Gasteiger charge is -1.95. The Hall–Kier alpha value is -2.20. The smallest absolute Gasteiger partial charge is 0.182 e. The van der Waals surface area contributed by atoms with Crippen LogP contribution in [0.2, 0.25) is 0 Å². The third-order valence-corrected chi connectivity index (χ3v) is 2.95. The van der Waals surface area contributed by atoms with Crippen molar-refractivity contribution in [2.24, 2.45) is 5.73 Å². The van der Waals surface area contributed by atoms with Crippen LogP contribution in [0, 0.1) is 6.92 Å². The van der Waals surface area contributed by atoms with Crippen molar-refractivity contribution in [3.63, 3.8) is 0 Å². The molecule has 0 amide bonds. The van der Waals surface area contributed by atoms with E-state index in [0.29, 0.717) is 6.54 Å². The molecule has 1 aromatic carbocycles. The third-order valence-electron chi connectivity index (χ3n) is 2.95. The highest BCUT2D eigenvalue weighted by atomic mass is 15.3. The fraction of sp³-hybridized carbons (Fsp3) is 0.143. The largest absolute Gasteiger partial charge is 0.326 e. The highest BCUT2D eigenvalue weighted by Gasteiger charge is 2.06. The van der Waals surface area contributed by atoms with Gasteiger partial charge in [0.15, 0.2) is 11.5 Å². The van der Waals surface area contributed by atoms with Crippen LogP contribution in [0.1, 0.15) is 11.1 Å². The molecule has 0 aliphatic carbocycles. The zero-order chi connectivity index (χ0) is 12.5. The molecule has 0 aliphatic rings. The van der Waals surface area contributed by atoms with Gasteiger partial charge in [0.25, 0.3) is 0 Å². The molecule has 0 bridgehead atoms. The second-order valence-corrected chi connectivity index (χ2v) is 4.34. The van der Waals surface area contributed by atoms with Crippen LogP contribution in [0.4, 0.5) is 0 Å². The van der Waals surface area contributed by atoms with Crippen LogP contribution in [0.5, 0.6) is 0 Å². The van der Waals surface area contributed by atoms with E-state index in [1.807, 2.05) is 30.5 Å². The van der Waals surface area contributed by atoms with E-state index in [1.54, 1.807) is 4.52 Å². The Morgan fingerprint density at radius 2 is 1.94 bits per heavy atom. The first-order valence-electron chi connectivity index (χ1n) is 5.89. The summed E-state index contributed by atoms with van der Waals surface area (Å²) >= 11 is 0. The van der Waals surface area contributed by atoms with Crippen molar-refractivity contribution >= 4 is 5.65 Å². The number of nitrogens with zero attached hydrogens (tertiary/aromatic N) is 3. The molecule has 4 nitrogen and oxygen atoms in total. The Labute approximate surface area is 105 Å². The zero-order valence-corrected chi connectivity index (χ0v) is 10.2. The monoisotopic (exact) mass is 238 g/mol. The average Bonchev–Trinajstić information content (AvgIpc) is 2.82. The Morgan fingerprint density at radius 3 is 2.67 bits per heavy atom. The molecule has 3 aromatic rings. The second-order valence-electron chi connectivity index (χ2n) is 4.34. The van der Waals surface area contributed by atoms with Gasteiger partial charge in [0.1, 0.15) is 0 Å². The molecule has 4 heteroatoms. The first-order valence-corrected chi connectivity index (χ1v) is 5.89. The molecule has 2 aromatic heterocycles.